The van der Waals surface area contributed by atoms with Gasteiger partial charge in [-0.1, -0.05) is 19.9 Å². The van der Waals surface area contributed by atoms with Gasteiger partial charge in [-0.2, -0.15) is 0 Å². The van der Waals surface area contributed by atoms with Crippen LogP contribution in [0.5, 0.6) is 11.5 Å². The summed E-state index contributed by atoms with van der Waals surface area (Å²) in [5.74, 6) is 2.18. The highest BCUT2D eigenvalue weighted by atomic mass is 16.6. The number of hydrogen-bond acceptors (Lipinski definition) is 3. The summed E-state index contributed by atoms with van der Waals surface area (Å²) in [6, 6.07) is 6.19. The van der Waals surface area contributed by atoms with Crippen LogP contribution in [0.1, 0.15) is 32.8 Å². The normalized spacial score (nSPS) is 22.9. The molecule has 3 atom stereocenters. The Labute approximate surface area is 115 Å². The van der Waals surface area contributed by atoms with Crippen molar-refractivity contribution in [2.75, 3.05) is 13.7 Å². The van der Waals surface area contributed by atoms with Crippen molar-refractivity contribution in [1.29, 1.82) is 0 Å². The monoisotopic (exact) mass is 264 g/mol. The second-order valence-electron chi connectivity index (χ2n) is 5.15. The molecule has 2 rings (SSSR count). The molecule has 1 saturated heterocycles. The van der Waals surface area contributed by atoms with E-state index in [1.807, 2.05) is 13.0 Å². The lowest BCUT2D eigenvalue weighted by Crippen LogP contribution is -2.10. The fourth-order valence-corrected chi connectivity index (χ4v) is 2.59. The van der Waals surface area contributed by atoms with E-state index in [0.717, 1.165) is 24.3 Å². The van der Waals surface area contributed by atoms with Gasteiger partial charge in [-0.3, -0.25) is 0 Å². The van der Waals surface area contributed by atoms with E-state index in [4.69, 9.17) is 14.2 Å². The fraction of sp³-hybridized carbons (Fsp3) is 0.625. The van der Waals surface area contributed by atoms with Crippen LogP contribution in [-0.2, 0) is 11.2 Å². The third kappa shape index (κ3) is 3.41. The van der Waals surface area contributed by atoms with Crippen LogP contribution >= 0.6 is 0 Å². The summed E-state index contributed by atoms with van der Waals surface area (Å²) >= 11 is 0. The van der Waals surface area contributed by atoms with Gasteiger partial charge in [0.25, 0.3) is 0 Å². The zero-order chi connectivity index (χ0) is 13.8. The van der Waals surface area contributed by atoms with Gasteiger partial charge in [0.1, 0.15) is 0 Å². The maximum atomic E-state index is 5.66. The lowest BCUT2D eigenvalue weighted by molar-refractivity contribution is 0.309. The molecular formula is C16H24O3. The van der Waals surface area contributed by atoms with E-state index in [0.29, 0.717) is 24.7 Å². The van der Waals surface area contributed by atoms with E-state index in [1.165, 1.54) is 5.56 Å². The average Bonchev–Trinajstić information content (AvgIpc) is 3.20. The van der Waals surface area contributed by atoms with Gasteiger partial charge in [-0.25, -0.2) is 0 Å². The number of ether oxygens (including phenoxy) is 3. The Balaban J connectivity index is 2.00. The molecule has 106 valence electrons. The quantitative estimate of drug-likeness (QED) is 0.707. The molecule has 19 heavy (non-hydrogen) atoms. The van der Waals surface area contributed by atoms with Crippen molar-refractivity contribution in [3.8, 4) is 11.5 Å². The second kappa shape index (κ2) is 6.29. The van der Waals surface area contributed by atoms with Gasteiger partial charge in [-0.05, 0) is 43.4 Å². The molecule has 3 unspecified atom stereocenters. The lowest BCUT2D eigenvalue weighted by atomic mass is 9.95. The van der Waals surface area contributed by atoms with Crippen molar-refractivity contribution in [3.05, 3.63) is 23.8 Å². The summed E-state index contributed by atoms with van der Waals surface area (Å²) in [6.07, 6.45) is 3.04. The average molecular weight is 264 g/mol. The minimum atomic E-state index is 0.433. The van der Waals surface area contributed by atoms with Gasteiger partial charge in [0.05, 0.1) is 25.9 Å². The van der Waals surface area contributed by atoms with Crippen molar-refractivity contribution < 1.29 is 14.2 Å². The molecule has 0 aromatic heterocycles. The van der Waals surface area contributed by atoms with Gasteiger partial charge in [0, 0.05) is 0 Å². The summed E-state index contributed by atoms with van der Waals surface area (Å²) in [6.45, 7) is 7.06. The molecule has 0 bridgehead atoms. The smallest absolute Gasteiger partial charge is 0.161 e. The number of epoxide rings is 1. The molecule has 0 saturated carbocycles. The van der Waals surface area contributed by atoms with E-state index < -0.39 is 0 Å². The number of hydrogen-bond donors (Lipinski definition) is 0. The van der Waals surface area contributed by atoms with Crippen LogP contribution in [0.4, 0.5) is 0 Å². The van der Waals surface area contributed by atoms with Crippen LogP contribution in [0.3, 0.4) is 0 Å². The zero-order valence-electron chi connectivity index (χ0n) is 12.3. The van der Waals surface area contributed by atoms with E-state index >= 15 is 0 Å². The standard InChI is InChI=1S/C16H24O3/c1-5-13-16(19-13)11(3)9-12-7-8-14(18-6-2)15(10-12)17-4/h7-8,10-11,13,16H,5-6,9H2,1-4H3. The highest BCUT2D eigenvalue weighted by molar-refractivity contribution is 5.43. The van der Waals surface area contributed by atoms with E-state index in [-0.39, 0.29) is 0 Å². The Morgan fingerprint density at radius 1 is 1.26 bits per heavy atom. The van der Waals surface area contributed by atoms with Crippen molar-refractivity contribution >= 4 is 0 Å². The Morgan fingerprint density at radius 2 is 2.05 bits per heavy atom. The van der Waals surface area contributed by atoms with Crippen molar-refractivity contribution in [3.63, 3.8) is 0 Å². The first-order valence-corrected chi connectivity index (χ1v) is 7.14. The Morgan fingerprint density at radius 3 is 2.63 bits per heavy atom. The minimum absolute atomic E-state index is 0.433. The second-order valence-corrected chi connectivity index (χ2v) is 5.15. The van der Waals surface area contributed by atoms with E-state index in [1.54, 1.807) is 7.11 Å². The van der Waals surface area contributed by atoms with Gasteiger partial charge in [0.15, 0.2) is 11.5 Å². The molecule has 3 heteroatoms. The van der Waals surface area contributed by atoms with Crippen molar-refractivity contribution in [1.82, 2.24) is 0 Å². The zero-order valence-corrected chi connectivity index (χ0v) is 12.3. The summed E-state index contributed by atoms with van der Waals surface area (Å²) in [4.78, 5) is 0. The number of rotatable bonds is 7. The summed E-state index contributed by atoms with van der Waals surface area (Å²) in [7, 11) is 1.68. The molecule has 0 aliphatic carbocycles. The maximum Gasteiger partial charge on any atom is 0.161 e. The molecule has 1 aromatic carbocycles. The first-order chi connectivity index (χ1) is 9.19. The highest BCUT2D eigenvalue weighted by Gasteiger charge is 2.40. The SMILES string of the molecule is CCOc1ccc(CC(C)C2OC2CC)cc1OC. The lowest BCUT2D eigenvalue weighted by Gasteiger charge is -2.13. The molecule has 3 nitrogen and oxygen atoms in total. The minimum Gasteiger partial charge on any atom is -0.493 e. The van der Waals surface area contributed by atoms with Crippen LogP contribution in [0, 0.1) is 5.92 Å². The molecule has 1 fully saturated rings. The third-order valence-corrected chi connectivity index (χ3v) is 3.67. The van der Waals surface area contributed by atoms with E-state index in [9.17, 15) is 0 Å². The molecular weight excluding hydrogens is 240 g/mol. The Hall–Kier alpha value is -1.22. The van der Waals surface area contributed by atoms with Crippen LogP contribution < -0.4 is 9.47 Å². The Kier molecular flexibility index (Phi) is 4.70. The van der Waals surface area contributed by atoms with Crippen molar-refractivity contribution in [2.45, 2.75) is 45.8 Å². The largest absolute Gasteiger partial charge is 0.493 e. The van der Waals surface area contributed by atoms with Gasteiger partial charge >= 0.3 is 0 Å². The van der Waals surface area contributed by atoms with Gasteiger partial charge in [0.2, 0.25) is 0 Å². The molecule has 0 amide bonds. The molecule has 0 spiro atoms. The van der Waals surface area contributed by atoms with Crippen LogP contribution in [0.15, 0.2) is 18.2 Å². The first kappa shape index (κ1) is 14.2. The van der Waals surface area contributed by atoms with Crippen LogP contribution in [0.25, 0.3) is 0 Å². The highest BCUT2D eigenvalue weighted by Crippen LogP contribution is 2.35. The predicted molar refractivity (Wildman–Crippen MR) is 76.0 cm³/mol. The molecule has 0 N–H and O–H groups in total. The third-order valence-electron chi connectivity index (χ3n) is 3.67. The summed E-state index contributed by atoms with van der Waals surface area (Å²) < 4.78 is 16.6. The summed E-state index contributed by atoms with van der Waals surface area (Å²) in [5, 5.41) is 0. The Bertz CT molecular complexity index is 416. The van der Waals surface area contributed by atoms with Gasteiger partial charge < -0.3 is 14.2 Å². The molecule has 1 aliphatic rings. The predicted octanol–water partition coefficient (Wildman–Crippen LogP) is 3.45. The number of methoxy groups -OCH3 is 1. The first-order valence-electron chi connectivity index (χ1n) is 7.14. The molecule has 0 radical (unpaired) electrons. The van der Waals surface area contributed by atoms with Crippen LogP contribution in [0.2, 0.25) is 0 Å². The molecule has 1 aromatic rings. The topological polar surface area (TPSA) is 31.0 Å². The van der Waals surface area contributed by atoms with Crippen LogP contribution in [-0.4, -0.2) is 25.9 Å². The van der Waals surface area contributed by atoms with Gasteiger partial charge in [-0.15, -0.1) is 0 Å². The molecule has 1 heterocycles. The van der Waals surface area contributed by atoms with Crippen molar-refractivity contribution in [2.24, 2.45) is 5.92 Å². The maximum absolute atomic E-state index is 5.66. The summed E-state index contributed by atoms with van der Waals surface area (Å²) in [5.41, 5.74) is 1.28. The van der Waals surface area contributed by atoms with E-state index in [2.05, 4.69) is 26.0 Å². The fourth-order valence-electron chi connectivity index (χ4n) is 2.59. The number of benzene rings is 1. The molecule has 1 aliphatic heterocycles.